The van der Waals surface area contributed by atoms with E-state index >= 15 is 0 Å². The lowest BCUT2D eigenvalue weighted by Gasteiger charge is -2.38. The van der Waals surface area contributed by atoms with Crippen molar-refractivity contribution in [1.82, 2.24) is 10.4 Å². The number of hydrogen-bond acceptors (Lipinski definition) is 5. The van der Waals surface area contributed by atoms with Gasteiger partial charge in [-0.1, -0.05) is 60.7 Å². The summed E-state index contributed by atoms with van der Waals surface area (Å²) in [7, 11) is 0. The van der Waals surface area contributed by atoms with E-state index < -0.39 is 6.23 Å². The first-order valence-electron chi connectivity index (χ1n) is 9.30. The molecule has 0 bridgehead atoms. The van der Waals surface area contributed by atoms with E-state index in [0.717, 1.165) is 23.3 Å². The summed E-state index contributed by atoms with van der Waals surface area (Å²) in [6.45, 7) is 0. The Bertz CT molecular complexity index is 1020. The number of benzene rings is 3. The van der Waals surface area contributed by atoms with Crippen LogP contribution in [0.3, 0.4) is 0 Å². The van der Waals surface area contributed by atoms with Crippen molar-refractivity contribution < 1.29 is 9.66 Å². The molecule has 28 heavy (non-hydrogen) atoms. The second kappa shape index (κ2) is 6.74. The molecular weight excluding hydrogens is 354 g/mol. The summed E-state index contributed by atoms with van der Waals surface area (Å²) in [4.78, 5) is 10.9. The fraction of sp³-hybridized carbons (Fsp3) is 0.182. The maximum Gasteiger partial charge on any atom is 0.269 e. The number of non-ortho nitro benzene ring substituents is 1. The number of hydrazine groups is 1. The Morgan fingerprint density at radius 1 is 0.964 bits per heavy atom. The number of rotatable bonds is 3. The third-order valence-corrected chi connectivity index (χ3v) is 5.44. The molecule has 0 spiro atoms. The minimum atomic E-state index is -0.437. The molecule has 5 rings (SSSR count). The first-order valence-corrected chi connectivity index (χ1v) is 9.30. The predicted octanol–water partition coefficient (Wildman–Crippen LogP) is 4.68. The van der Waals surface area contributed by atoms with Crippen LogP contribution in [0.25, 0.3) is 0 Å². The Hall–Kier alpha value is -3.22. The van der Waals surface area contributed by atoms with Crippen LogP contribution >= 0.6 is 0 Å². The Morgan fingerprint density at radius 3 is 2.54 bits per heavy atom. The maximum atomic E-state index is 11.2. The standard InChI is InChI=1S/C22H19N3O3/c26-25(27)17-10-6-9-16(13-17)22-24-20(18-11-4-5-12-21(18)28-22)14-19(23-24)15-7-2-1-3-8-15/h1-13,19-20,22-23H,14H2/t19-,20+,22+/m0/s1. The van der Waals surface area contributed by atoms with E-state index in [1.54, 1.807) is 12.1 Å². The van der Waals surface area contributed by atoms with Crippen LogP contribution in [0, 0.1) is 10.1 Å². The van der Waals surface area contributed by atoms with Crippen LogP contribution in [0.15, 0.2) is 78.9 Å². The van der Waals surface area contributed by atoms with Gasteiger partial charge in [-0.3, -0.25) is 10.1 Å². The van der Waals surface area contributed by atoms with E-state index in [1.807, 2.05) is 42.5 Å². The van der Waals surface area contributed by atoms with Gasteiger partial charge in [-0.15, -0.1) is 0 Å². The molecule has 0 unspecified atom stereocenters. The Labute approximate surface area is 162 Å². The summed E-state index contributed by atoms with van der Waals surface area (Å²) in [5.41, 5.74) is 6.76. The molecular formula is C22H19N3O3. The molecule has 1 fully saturated rings. The third-order valence-electron chi connectivity index (χ3n) is 5.44. The average molecular weight is 373 g/mol. The highest BCUT2D eigenvalue weighted by atomic mass is 16.6. The van der Waals surface area contributed by atoms with Crippen LogP contribution in [0.5, 0.6) is 5.75 Å². The molecule has 3 atom stereocenters. The number of ether oxygens (including phenoxy) is 1. The normalized spacial score (nSPS) is 23.5. The fourth-order valence-corrected chi connectivity index (χ4v) is 4.12. The lowest BCUT2D eigenvalue weighted by atomic mass is 9.95. The summed E-state index contributed by atoms with van der Waals surface area (Å²) >= 11 is 0. The quantitative estimate of drug-likeness (QED) is 0.533. The SMILES string of the molecule is O=[N+]([O-])c1cccc([C@H]2Oc3ccccc3[C@H]3C[C@@H](c4ccccc4)NN32)c1. The Kier molecular flexibility index (Phi) is 4.07. The molecule has 6 heteroatoms. The summed E-state index contributed by atoms with van der Waals surface area (Å²) in [5.74, 6) is 0.829. The van der Waals surface area contributed by atoms with Gasteiger partial charge in [0.25, 0.3) is 5.69 Å². The molecule has 2 aliphatic heterocycles. The molecule has 3 aromatic rings. The van der Waals surface area contributed by atoms with Gasteiger partial charge in [0, 0.05) is 29.3 Å². The van der Waals surface area contributed by atoms with Gasteiger partial charge >= 0.3 is 0 Å². The van der Waals surface area contributed by atoms with Crippen LogP contribution in [0.1, 0.15) is 41.4 Å². The van der Waals surface area contributed by atoms with E-state index in [4.69, 9.17) is 4.74 Å². The molecule has 3 aromatic carbocycles. The number of nitrogens with one attached hydrogen (secondary N) is 1. The van der Waals surface area contributed by atoms with E-state index in [9.17, 15) is 10.1 Å². The summed E-state index contributed by atoms with van der Waals surface area (Å²) in [5, 5.41) is 13.3. The van der Waals surface area contributed by atoms with Crippen molar-refractivity contribution in [2.24, 2.45) is 0 Å². The first kappa shape index (κ1) is 16.9. The maximum absolute atomic E-state index is 11.2. The highest BCUT2D eigenvalue weighted by molar-refractivity contribution is 5.42. The second-order valence-corrected chi connectivity index (χ2v) is 7.11. The summed E-state index contributed by atoms with van der Waals surface area (Å²) < 4.78 is 6.29. The molecule has 140 valence electrons. The molecule has 0 saturated carbocycles. The van der Waals surface area contributed by atoms with Crippen molar-refractivity contribution >= 4 is 5.69 Å². The fourth-order valence-electron chi connectivity index (χ4n) is 4.12. The Morgan fingerprint density at radius 2 is 1.71 bits per heavy atom. The van der Waals surface area contributed by atoms with Crippen molar-refractivity contribution in [1.29, 1.82) is 0 Å². The molecule has 2 aliphatic rings. The highest BCUT2D eigenvalue weighted by Crippen LogP contribution is 2.48. The minimum Gasteiger partial charge on any atom is -0.469 e. The molecule has 0 amide bonds. The predicted molar refractivity (Wildman–Crippen MR) is 104 cm³/mol. The number of nitrogens with zero attached hydrogens (tertiary/aromatic N) is 2. The van der Waals surface area contributed by atoms with Crippen LogP contribution in [-0.4, -0.2) is 9.93 Å². The van der Waals surface area contributed by atoms with Crippen molar-refractivity contribution in [2.45, 2.75) is 24.7 Å². The topological polar surface area (TPSA) is 67.6 Å². The van der Waals surface area contributed by atoms with Gasteiger partial charge in [0.05, 0.1) is 11.0 Å². The Balaban J connectivity index is 1.56. The van der Waals surface area contributed by atoms with Crippen molar-refractivity contribution in [3.63, 3.8) is 0 Å². The van der Waals surface area contributed by atoms with Crippen molar-refractivity contribution in [3.05, 3.63) is 106 Å². The molecule has 2 heterocycles. The number of nitro benzene ring substituents is 1. The van der Waals surface area contributed by atoms with Gasteiger partial charge < -0.3 is 4.74 Å². The van der Waals surface area contributed by atoms with Crippen molar-refractivity contribution in [3.8, 4) is 5.75 Å². The van der Waals surface area contributed by atoms with Crippen LogP contribution in [-0.2, 0) is 0 Å². The molecule has 6 nitrogen and oxygen atoms in total. The molecule has 1 saturated heterocycles. The van der Waals surface area contributed by atoms with E-state index in [-0.39, 0.29) is 22.7 Å². The first-order chi connectivity index (χ1) is 13.7. The second-order valence-electron chi connectivity index (χ2n) is 7.11. The zero-order valence-electron chi connectivity index (χ0n) is 15.1. The van der Waals surface area contributed by atoms with Gasteiger partial charge in [-0.05, 0) is 18.1 Å². The molecule has 0 radical (unpaired) electrons. The third kappa shape index (κ3) is 2.83. The number of fused-ring (bicyclic) bond motifs is 3. The van der Waals surface area contributed by atoms with E-state index in [2.05, 4.69) is 28.6 Å². The lowest BCUT2D eigenvalue weighted by Crippen LogP contribution is -2.42. The number of nitro groups is 1. The lowest BCUT2D eigenvalue weighted by molar-refractivity contribution is -0.385. The molecule has 1 N–H and O–H groups in total. The summed E-state index contributed by atoms with van der Waals surface area (Å²) in [6.07, 6.45) is 0.462. The average Bonchev–Trinajstić information content (AvgIpc) is 3.20. The zero-order valence-corrected chi connectivity index (χ0v) is 15.1. The van der Waals surface area contributed by atoms with Crippen molar-refractivity contribution in [2.75, 3.05) is 0 Å². The van der Waals surface area contributed by atoms with E-state index in [1.165, 1.54) is 11.6 Å². The zero-order chi connectivity index (χ0) is 19.1. The van der Waals surface area contributed by atoms with Crippen LogP contribution < -0.4 is 10.2 Å². The van der Waals surface area contributed by atoms with Gasteiger partial charge in [0.15, 0.2) is 6.23 Å². The van der Waals surface area contributed by atoms with Gasteiger partial charge in [-0.25, -0.2) is 5.43 Å². The van der Waals surface area contributed by atoms with Gasteiger partial charge in [-0.2, -0.15) is 5.01 Å². The summed E-state index contributed by atoms with van der Waals surface area (Å²) in [6, 6.07) is 25.3. The largest absolute Gasteiger partial charge is 0.469 e. The monoisotopic (exact) mass is 373 g/mol. The van der Waals surface area contributed by atoms with Gasteiger partial charge in [0.2, 0.25) is 0 Å². The molecule has 0 aliphatic carbocycles. The van der Waals surface area contributed by atoms with Crippen LogP contribution in [0.2, 0.25) is 0 Å². The van der Waals surface area contributed by atoms with E-state index in [0.29, 0.717) is 0 Å². The molecule has 0 aromatic heterocycles. The van der Waals surface area contributed by atoms with Gasteiger partial charge in [0.1, 0.15) is 5.75 Å². The highest BCUT2D eigenvalue weighted by Gasteiger charge is 2.44. The number of para-hydroxylation sites is 1. The smallest absolute Gasteiger partial charge is 0.269 e. The minimum absolute atomic E-state index is 0.0651. The van der Waals surface area contributed by atoms with Crippen LogP contribution in [0.4, 0.5) is 5.69 Å². The number of hydrogen-bond donors (Lipinski definition) is 1.